The number of aliphatic hydroxyl groups is 2. The van der Waals surface area contributed by atoms with E-state index in [-0.39, 0.29) is 5.41 Å². The Labute approximate surface area is 216 Å². The summed E-state index contributed by atoms with van der Waals surface area (Å²) in [5, 5.41) is 21.4. The maximum atomic E-state index is 11.2. The molecule has 1 unspecified atom stereocenters. The summed E-state index contributed by atoms with van der Waals surface area (Å²) >= 11 is 0. The van der Waals surface area contributed by atoms with Crippen LogP contribution in [0, 0.1) is 40.4 Å². The van der Waals surface area contributed by atoms with Gasteiger partial charge in [-0.05, 0) is 106 Å². The maximum absolute atomic E-state index is 11.2. The lowest BCUT2D eigenvalue weighted by atomic mass is 9.46. The minimum absolute atomic E-state index is 0.250. The van der Waals surface area contributed by atoms with E-state index >= 15 is 0 Å². The minimum Gasteiger partial charge on any atom is -0.390 e. The van der Waals surface area contributed by atoms with Gasteiger partial charge in [-0.1, -0.05) is 65.0 Å². The number of fused-ring (bicyclic) bond motifs is 5. The lowest BCUT2D eigenvalue weighted by Crippen LogP contribution is -2.53. The van der Waals surface area contributed by atoms with E-state index in [1.807, 2.05) is 13.8 Å². The Balaban J connectivity index is 1.42. The van der Waals surface area contributed by atoms with Crippen molar-refractivity contribution in [3.8, 4) is 0 Å². The minimum atomic E-state index is -0.938. The van der Waals surface area contributed by atoms with Crippen molar-refractivity contribution in [1.82, 2.24) is 0 Å². The highest BCUT2D eigenvalue weighted by molar-refractivity contribution is 5.26. The zero-order valence-corrected chi connectivity index (χ0v) is 23.9. The van der Waals surface area contributed by atoms with Gasteiger partial charge in [0, 0.05) is 12.8 Å². The smallest absolute Gasteiger partial charge is 0.169 e. The van der Waals surface area contributed by atoms with Gasteiger partial charge in [0.25, 0.3) is 0 Å². The average Bonchev–Trinajstić information content (AvgIpc) is 3.14. The largest absolute Gasteiger partial charge is 0.390 e. The molecule has 3 fully saturated rings. The van der Waals surface area contributed by atoms with Gasteiger partial charge >= 0.3 is 0 Å². The van der Waals surface area contributed by atoms with Crippen LogP contribution < -0.4 is 0 Å². The van der Waals surface area contributed by atoms with Gasteiger partial charge < -0.3 is 14.9 Å². The summed E-state index contributed by atoms with van der Waals surface area (Å²) < 4.78 is 6.08. The molecule has 0 bridgehead atoms. The van der Waals surface area contributed by atoms with E-state index in [1.54, 1.807) is 0 Å². The molecule has 0 spiro atoms. The summed E-state index contributed by atoms with van der Waals surface area (Å²) in [6, 6.07) is 0. The summed E-state index contributed by atoms with van der Waals surface area (Å²) in [6.45, 7) is 14.5. The Morgan fingerprint density at radius 3 is 2.54 bits per heavy atom. The highest BCUT2D eigenvalue weighted by Crippen LogP contribution is 2.67. The normalized spacial score (nSPS) is 42.1. The monoisotopic (exact) mass is 488 g/mol. The first kappa shape index (κ1) is 27.6. The third kappa shape index (κ3) is 5.58. The van der Waals surface area contributed by atoms with Crippen LogP contribution in [-0.4, -0.2) is 28.2 Å². The molecular formula is C32H56O3. The standard InChI is InChI=1S/C32H56O3/c1-7-8-9-21-35-32(34)20-19-30(5)24(22-32)12-13-25-27-15-14-26(31(27,6)18-16-28(25)30)23(2)11-10-17-29(3,4)33/h12,23,25-28,33-34H,7-11,13-22H2,1-6H3/t23-,25+,26-,27+,28+,30+,31-,32?/m1/s1. The molecule has 0 heterocycles. The van der Waals surface area contributed by atoms with E-state index in [1.165, 1.54) is 56.9 Å². The molecule has 3 nitrogen and oxygen atoms in total. The fourth-order valence-electron chi connectivity index (χ4n) is 9.39. The Kier molecular flexibility index (Phi) is 8.22. The van der Waals surface area contributed by atoms with Crippen molar-refractivity contribution in [2.75, 3.05) is 6.61 Å². The topological polar surface area (TPSA) is 49.7 Å². The number of ether oxygens (including phenoxy) is 1. The molecular weight excluding hydrogens is 432 g/mol. The van der Waals surface area contributed by atoms with Crippen LogP contribution in [0.1, 0.15) is 131 Å². The van der Waals surface area contributed by atoms with Gasteiger partial charge in [-0.2, -0.15) is 0 Å². The number of rotatable bonds is 10. The predicted molar refractivity (Wildman–Crippen MR) is 145 cm³/mol. The molecule has 8 atom stereocenters. The van der Waals surface area contributed by atoms with Gasteiger partial charge in [-0.25, -0.2) is 0 Å². The van der Waals surface area contributed by atoms with E-state index in [4.69, 9.17) is 4.74 Å². The number of allylic oxidation sites excluding steroid dienone is 1. The fourth-order valence-corrected chi connectivity index (χ4v) is 9.39. The molecule has 0 amide bonds. The van der Waals surface area contributed by atoms with Crippen LogP contribution >= 0.6 is 0 Å². The Morgan fingerprint density at radius 1 is 1.06 bits per heavy atom. The van der Waals surface area contributed by atoms with Gasteiger partial charge in [0.15, 0.2) is 5.79 Å². The highest BCUT2D eigenvalue weighted by atomic mass is 16.6. The molecule has 0 aromatic heterocycles. The van der Waals surface area contributed by atoms with Gasteiger partial charge in [0.1, 0.15) is 0 Å². The summed E-state index contributed by atoms with van der Waals surface area (Å²) in [4.78, 5) is 0. The molecule has 0 radical (unpaired) electrons. The lowest BCUT2D eigenvalue weighted by Gasteiger charge is -2.59. The van der Waals surface area contributed by atoms with Crippen molar-refractivity contribution in [3.63, 3.8) is 0 Å². The van der Waals surface area contributed by atoms with E-state index in [2.05, 4.69) is 33.8 Å². The second kappa shape index (κ2) is 10.4. The molecule has 0 saturated heterocycles. The molecule has 3 heteroatoms. The van der Waals surface area contributed by atoms with Crippen LogP contribution in [0.15, 0.2) is 11.6 Å². The molecule has 35 heavy (non-hydrogen) atoms. The van der Waals surface area contributed by atoms with Crippen molar-refractivity contribution in [1.29, 1.82) is 0 Å². The zero-order valence-electron chi connectivity index (χ0n) is 23.9. The van der Waals surface area contributed by atoms with Crippen molar-refractivity contribution in [3.05, 3.63) is 11.6 Å². The number of hydrogen-bond acceptors (Lipinski definition) is 3. The maximum Gasteiger partial charge on any atom is 0.169 e. The van der Waals surface area contributed by atoms with E-state index in [9.17, 15) is 10.2 Å². The number of unbranched alkanes of at least 4 members (excludes halogenated alkanes) is 2. The molecule has 0 aromatic rings. The first-order chi connectivity index (χ1) is 16.4. The summed E-state index contributed by atoms with van der Waals surface area (Å²) in [5.41, 5.74) is 1.70. The molecule has 4 aliphatic rings. The van der Waals surface area contributed by atoms with Gasteiger partial charge in [0.05, 0.1) is 12.2 Å². The van der Waals surface area contributed by atoms with Crippen LogP contribution in [0.5, 0.6) is 0 Å². The van der Waals surface area contributed by atoms with E-state index < -0.39 is 11.4 Å². The van der Waals surface area contributed by atoms with Crippen LogP contribution in [0.3, 0.4) is 0 Å². The first-order valence-electron chi connectivity index (χ1n) is 15.2. The Bertz CT molecular complexity index is 752. The summed E-state index contributed by atoms with van der Waals surface area (Å²) in [6.07, 6.45) is 18.6. The van der Waals surface area contributed by atoms with Gasteiger partial charge in [0.2, 0.25) is 0 Å². The third-order valence-corrected chi connectivity index (χ3v) is 11.5. The highest BCUT2D eigenvalue weighted by Gasteiger charge is 2.60. The molecule has 0 aromatic carbocycles. The second-order valence-corrected chi connectivity index (χ2v) is 14.3. The quantitative estimate of drug-likeness (QED) is 0.186. The van der Waals surface area contributed by atoms with Gasteiger partial charge in [-0.3, -0.25) is 0 Å². The molecule has 4 aliphatic carbocycles. The SMILES string of the molecule is CCCCCOC1(O)CC[C@@]2(C)C(=CC[C@H]3[C@@H]4CC[C@H]([C@H](C)CCCC(C)(C)O)[C@@]4(C)CC[C@@H]32)C1. The van der Waals surface area contributed by atoms with E-state index in [0.29, 0.717) is 12.0 Å². The third-order valence-electron chi connectivity index (χ3n) is 11.5. The van der Waals surface area contributed by atoms with Crippen LogP contribution in [0.25, 0.3) is 0 Å². The fraction of sp³-hybridized carbons (Fsp3) is 0.938. The first-order valence-corrected chi connectivity index (χ1v) is 15.2. The number of hydrogen-bond donors (Lipinski definition) is 2. The lowest BCUT2D eigenvalue weighted by molar-refractivity contribution is -0.225. The Hall–Kier alpha value is -0.380. The Morgan fingerprint density at radius 2 is 1.83 bits per heavy atom. The zero-order chi connectivity index (χ0) is 25.5. The summed E-state index contributed by atoms with van der Waals surface area (Å²) in [7, 11) is 0. The predicted octanol–water partition coefficient (Wildman–Crippen LogP) is 8.04. The van der Waals surface area contributed by atoms with Crippen LogP contribution in [0.4, 0.5) is 0 Å². The second-order valence-electron chi connectivity index (χ2n) is 14.3. The molecule has 2 N–H and O–H groups in total. The molecule has 202 valence electrons. The summed E-state index contributed by atoms with van der Waals surface area (Å²) in [5.74, 6) is 3.09. The van der Waals surface area contributed by atoms with Crippen molar-refractivity contribution < 1.29 is 14.9 Å². The van der Waals surface area contributed by atoms with Crippen molar-refractivity contribution in [2.24, 2.45) is 40.4 Å². The van der Waals surface area contributed by atoms with Crippen molar-refractivity contribution >= 4 is 0 Å². The molecule has 4 rings (SSSR count). The van der Waals surface area contributed by atoms with Crippen LogP contribution in [-0.2, 0) is 4.74 Å². The van der Waals surface area contributed by atoms with Crippen LogP contribution in [0.2, 0.25) is 0 Å². The molecule has 3 saturated carbocycles. The van der Waals surface area contributed by atoms with Crippen molar-refractivity contribution in [2.45, 2.75) is 143 Å². The van der Waals surface area contributed by atoms with Gasteiger partial charge in [-0.15, -0.1) is 0 Å². The average molecular weight is 489 g/mol. The van der Waals surface area contributed by atoms with E-state index in [0.717, 1.165) is 68.1 Å². The molecule has 0 aliphatic heterocycles.